The number of alkyl carbamates (subject to hydrolysis) is 1. The molecule has 8 heteroatoms. The minimum Gasteiger partial charge on any atom is -0.445 e. The van der Waals surface area contributed by atoms with Crippen molar-refractivity contribution in [3.05, 3.63) is 35.9 Å². The fraction of sp³-hybridized carbons (Fsp3) is 0.591. The van der Waals surface area contributed by atoms with Crippen LogP contribution in [0.25, 0.3) is 0 Å². The molecule has 1 heterocycles. The zero-order valence-electron chi connectivity index (χ0n) is 17.6. The lowest BCUT2D eigenvalue weighted by Crippen LogP contribution is -2.47. The number of nitrogens with one attached hydrogen (secondary N) is 2. The van der Waals surface area contributed by atoms with Gasteiger partial charge in [0.05, 0.1) is 0 Å². The molecule has 166 valence electrons. The first-order chi connectivity index (χ1) is 14.6. The topological polar surface area (TPSA) is 114 Å². The summed E-state index contributed by atoms with van der Waals surface area (Å²) >= 11 is 0. The van der Waals surface area contributed by atoms with Crippen LogP contribution in [0.4, 0.5) is 4.79 Å². The van der Waals surface area contributed by atoms with Gasteiger partial charge in [-0.3, -0.25) is 9.59 Å². The molecule has 8 nitrogen and oxygen atoms in total. The number of nitrogens with two attached hydrogens (primary N) is 1. The molecule has 0 aromatic heterocycles. The second-order valence-corrected chi connectivity index (χ2v) is 7.53. The summed E-state index contributed by atoms with van der Waals surface area (Å²) in [5, 5.41) is 5.51. The molecule has 1 aromatic carbocycles. The van der Waals surface area contributed by atoms with E-state index in [-0.39, 0.29) is 24.8 Å². The van der Waals surface area contributed by atoms with Crippen molar-refractivity contribution in [2.24, 2.45) is 5.73 Å². The van der Waals surface area contributed by atoms with Crippen molar-refractivity contribution < 1.29 is 19.1 Å². The van der Waals surface area contributed by atoms with E-state index in [2.05, 4.69) is 10.6 Å². The van der Waals surface area contributed by atoms with Gasteiger partial charge in [0.1, 0.15) is 12.6 Å². The Bertz CT molecular complexity index is 662. The van der Waals surface area contributed by atoms with E-state index >= 15 is 0 Å². The molecular weight excluding hydrogens is 384 g/mol. The van der Waals surface area contributed by atoms with E-state index < -0.39 is 12.1 Å². The molecule has 0 saturated carbocycles. The van der Waals surface area contributed by atoms with Crippen LogP contribution in [0.1, 0.15) is 50.5 Å². The SMILES string of the molecule is NCCCC[C@H](NC(=O)CCCNC(=O)OCc1ccccc1)C(=O)N1CCCC1. The number of benzene rings is 1. The van der Waals surface area contributed by atoms with Gasteiger partial charge < -0.3 is 26.0 Å². The lowest BCUT2D eigenvalue weighted by atomic mass is 10.1. The van der Waals surface area contributed by atoms with Crippen LogP contribution in [0.15, 0.2) is 30.3 Å². The van der Waals surface area contributed by atoms with Gasteiger partial charge in [-0.05, 0) is 50.6 Å². The first-order valence-electron chi connectivity index (χ1n) is 10.8. The predicted octanol–water partition coefficient (Wildman–Crippen LogP) is 1.93. The number of unbranched alkanes of at least 4 members (excludes halogenated alkanes) is 1. The first-order valence-corrected chi connectivity index (χ1v) is 10.8. The third-order valence-corrected chi connectivity index (χ3v) is 5.06. The maximum atomic E-state index is 12.7. The summed E-state index contributed by atoms with van der Waals surface area (Å²) < 4.78 is 5.13. The zero-order valence-corrected chi connectivity index (χ0v) is 17.6. The van der Waals surface area contributed by atoms with Gasteiger partial charge in [0, 0.05) is 26.1 Å². The van der Waals surface area contributed by atoms with Gasteiger partial charge in [0.2, 0.25) is 11.8 Å². The maximum absolute atomic E-state index is 12.7. The van der Waals surface area contributed by atoms with Crippen molar-refractivity contribution in [3.63, 3.8) is 0 Å². The van der Waals surface area contributed by atoms with Crippen LogP contribution in [0.5, 0.6) is 0 Å². The Balaban J connectivity index is 1.65. The van der Waals surface area contributed by atoms with Crippen LogP contribution in [-0.2, 0) is 20.9 Å². The van der Waals surface area contributed by atoms with Crippen molar-refractivity contribution in [2.45, 2.75) is 57.6 Å². The van der Waals surface area contributed by atoms with Crippen LogP contribution in [0, 0.1) is 0 Å². The van der Waals surface area contributed by atoms with Gasteiger partial charge in [-0.15, -0.1) is 0 Å². The molecule has 1 fully saturated rings. The number of carbonyl (C=O) groups excluding carboxylic acids is 3. The Morgan fingerprint density at radius 3 is 2.50 bits per heavy atom. The largest absolute Gasteiger partial charge is 0.445 e. The molecule has 1 aliphatic rings. The van der Waals surface area contributed by atoms with Crippen LogP contribution in [-0.4, -0.2) is 55.0 Å². The predicted molar refractivity (Wildman–Crippen MR) is 115 cm³/mol. The number of carbonyl (C=O) groups is 3. The highest BCUT2D eigenvalue weighted by atomic mass is 16.5. The number of hydrogen-bond donors (Lipinski definition) is 3. The van der Waals surface area contributed by atoms with E-state index in [1.54, 1.807) is 0 Å². The second kappa shape index (κ2) is 13.6. The fourth-order valence-corrected chi connectivity index (χ4v) is 3.39. The summed E-state index contributed by atoms with van der Waals surface area (Å²) in [6.45, 7) is 2.63. The molecule has 0 unspecified atom stereocenters. The lowest BCUT2D eigenvalue weighted by Gasteiger charge is -2.24. The minimum atomic E-state index is -0.511. The van der Waals surface area contributed by atoms with Crippen LogP contribution in [0.2, 0.25) is 0 Å². The molecule has 1 aromatic rings. The summed E-state index contributed by atoms with van der Waals surface area (Å²) in [7, 11) is 0. The summed E-state index contributed by atoms with van der Waals surface area (Å²) in [5.41, 5.74) is 6.46. The number of amides is 3. The molecule has 1 atom stereocenters. The van der Waals surface area contributed by atoms with E-state index in [4.69, 9.17) is 10.5 Å². The van der Waals surface area contributed by atoms with Gasteiger partial charge in [0.15, 0.2) is 0 Å². The minimum absolute atomic E-state index is 0.000450. The third-order valence-electron chi connectivity index (χ3n) is 5.06. The van der Waals surface area contributed by atoms with Crippen molar-refractivity contribution in [2.75, 3.05) is 26.2 Å². The van der Waals surface area contributed by atoms with E-state index in [9.17, 15) is 14.4 Å². The molecule has 0 spiro atoms. The quantitative estimate of drug-likeness (QED) is 0.449. The summed E-state index contributed by atoms with van der Waals surface area (Å²) in [6, 6.07) is 8.93. The number of rotatable bonds is 12. The Labute approximate surface area is 178 Å². The Kier molecular flexibility index (Phi) is 10.7. The van der Waals surface area contributed by atoms with Crippen molar-refractivity contribution in [1.29, 1.82) is 0 Å². The highest BCUT2D eigenvalue weighted by Crippen LogP contribution is 2.12. The molecule has 0 radical (unpaired) electrons. The van der Waals surface area contributed by atoms with Crippen molar-refractivity contribution in [3.8, 4) is 0 Å². The van der Waals surface area contributed by atoms with Crippen LogP contribution in [0.3, 0.4) is 0 Å². The number of hydrogen-bond acceptors (Lipinski definition) is 5. The molecule has 4 N–H and O–H groups in total. The molecule has 3 amide bonds. The molecule has 1 aliphatic heterocycles. The standard InChI is InChI=1S/C22H34N4O4/c23-13-5-4-11-19(21(28)26-15-6-7-16-26)25-20(27)12-8-14-24-22(29)30-17-18-9-2-1-3-10-18/h1-3,9-10,19H,4-8,11-17,23H2,(H,24,29)(H,25,27)/t19-/m0/s1. The fourth-order valence-electron chi connectivity index (χ4n) is 3.39. The lowest BCUT2D eigenvalue weighted by molar-refractivity contribution is -0.135. The van der Waals surface area contributed by atoms with Crippen LogP contribution >= 0.6 is 0 Å². The summed E-state index contributed by atoms with van der Waals surface area (Å²) in [6.07, 6.45) is 4.46. The molecule has 0 bridgehead atoms. The number of nitrogens with zero attached hydrogens (tertiary/aromatic N) is 1. The molecule has 0 aliphatic carbocycles. The highest BCUT2D eigenvalue weighted by molar-refractivity contribution is 5.87. The first kappa shape index (κ1) is 23.7. The Hall–Kier alpha value is -2.61. The van der Waals surface area contributed by atoms with Gasteiger partial charge in [-0.25, -0.2) is 4.79 Å². The van der Waals surface area contributed by atoms with Crippen LogP contribution < -0.4 is 16.4 Å². The van der Waals surface area contributed by atoms with E-state index in [1.807, 2.05) is 35.2 Å². The van der Waals surface area contributed by atoms with E-state index in [0.29, 0.717) is 25.9 Å². The monoisotopic (exact) mass is 418 g/mol. The number of likely N-dealkylation sites (tertiary alicyclic amines) is 1. The second-order valence-electron chi connectivity index (χ2n) is 7.53. The molecule has 1 saturated heterocycles. The average Bonchev–Trinajstić information content (AvgIpc) is 3.30. The molecule has 30 heavy (non-hydrogen) atoms. The zero-order chi connectivity index (χ0) is 21.6. The number of ether oxygens (including phenoxy) is 1. The normalized spacial score (nSPS) is 14.2. The van der Waals surface area contributed by atoms with Gasteiger partial charge >= 0.3 is 6.09 Å². The Morgan fingerprint density at radius 2 is 1.80 bits per heavy atom. The molecular formula is C22H34N4O4. The highest BCUT2D eigenvalue weighted by Gasteiger charge is 2.27. The van der Waals surface area contributed by atoms with E-state index in [0.717, 1.165) is 44.3 Å². The average molecular weight is 419 g/mol. The van der Waals surface area contributed by atoms with E-state index in [1.165, 1.54) is 0 Å². The van der Waals surface area contributed by atoms with Gasteiger partial charge in [0.25, 0.3) is 0 Å². The third kappa shape index (κ3) is 8.82. The van der Waals surface area contributed by atoms with Gasteiger partial charge in [-0.2, -0.15) is 0 Å². The van der Waals surface area contributed by atoms with Gasteiger partial charge in [-0.1, -0.05) is 30.3 Å². The molecule has 2 rings (SSSR count). The maximum Gasteiger partial charge on any atom is 0.407 e. The summed E-state index contributed by atoms with van der Waals surface area (Å²) in [5.74, 6) is -0.180. The van der Waals surface area contributed by atoms with Crippen molar-refractivity contribution in [1.82, 2.24) is 15.5 Å². The smallest absolute Gasteiger partial charge is 0.407 e. The summed E-state index contributed by atoms with van der Waals surface area (Å²) in [4.78, 5) is 38.6. The van der Waals surface area contributed by atoms with Crippen molar-refractivity contribution >= 4 is 17.9 Å². The Morgan fingerprint density at radius 1 is 1.07 bits per heavy atom.